The maximum Gasteiger partial charge on any atom is 0.222 e. The minimum Gasteiger partial charge on any atom is -0.368 e. The van der Waals surface area contributed by atoms with Gasteiger partial charge in [-0.2, -0.15) is 0 Å². The molecule has 0 saturated carbocycles. The van der Waals surface area contributed by atoms with Crippen LogP contribution in [0.2, 0.25) is 0 Å². The number of rotatable bonds is 4. The molecule has 0 aliphatic carbocycles. The van der Waals surface area contributed by atoms with Gasteiger partial charge in [0.25, 0.3) is 0 Å². The molecular formula is C15H22N4O3. The second-order valence-corrected chi connectivity index (χ2v) is 5.55. The molecular weight excluding hydrogens is 284 g/mol. The Bertz CT molecular complexity index is 547. The molecule has 1 fully saturated rings. The summed E-state index contributed by atoms with van der Waals surface area (Å²) in [7, 11) is 3.47. The molecule has 0 N–H and O–H groups in total. The van der Waals surface area contributed by atoms with Crippen LogP contribution in [0, 0.1) is 0 Å². The number of ether oxygens (including phenoxy) is 1. The van der Waals surface area contributed by atoms with Gasteiger partial charge in [0, 0.05) is 40.2 Å². The van der Waals surface area contributed by atoms with Crippen molar-refractivity contribution in [3.05, 3.63) is 23.8 Å². The summed E-state index contributed by atoms with van der Waals surface area (Å²) < 4.78 is 5.69. The number of hydrogen-bond donors (Lipinski definition) is 0. The van der Waals surface area contributed by atoms with Gasteiger partial charge in [-0.1, -0.05) is 0 Å². The van der Waals surface area contributed by atoms with Gasteiger partial charge in [-0.25, -0.2) is 0 Å². The highest BCUT2D eigenvalue weighted by atomic mass is 16.5. The van der Waals surface area contributed by atoms with E-state index in [0.717, 1.165) is 5.69 Å². The summed E-state index contributed by atoms with van der Waals surface area (Å²) in [4.78, 5) is 35.1. The van der Waals surface area contributed by atoms with E-state index in [2.05, 4.69) is 9.97 Å². The summed E-state index contributed by atoms with van der Waals surface area (Å²) in [5.41, 5.74) is 1.47. The van der Waals surface area contributed by atoms with Gasteiger partial charge in [0.15, 0.2) is 0 Å². The summed E-state index contributed by atoms with van der Waals surface area (Å²) >= 11 is 0. The molecule has 22 heavy (non-hydrogen) atoms. The molecule has 0 radical (unpaired) electrons. The van der Waals surface area contributed by atoms with Crippen LogP contribution in [0.4, 0.5) is 0 Å². The van der Waals surface area contributed by atoms with E-state index in [1.165, 1.54) is 0 Å². The summed E-state index contributed by atoms with van der Waals surface area (Å²) in [6.07, 6.45) is 4.01. The van der Waals surface area contributed by atoms with E-state index < -0.39 is 0 Å². The Kier molecular flexibility index (Phi) is 5.43. The summed E-state index contributed by atoms with van der Waals surface area (Å²) in [5.74, 6) is 0.0952. The number of hydrogen-bond acceptors (Lipinski definition) is 5. The first-order chi connectivity index (χ1) is 10.5. The standard InChI is InChI=1S/C15H22N4O3/c1-11(20)19-6-7-22-14(10-19)13-9-16-8-12(17-13)4-5-15(21)18(2)3/h8-9,14H,4-7,10H2,1-3H3/t14-/m1/s1. The van der Waals surface area contributed by atoms with E-state index in [1.54, 1.807) is 43.2 Å². The first-order valence-corrected chi connectivity index (χ1v) is 7.35. The fraction of sp³-hybridized carbons (Fsp3) is 0.600. The SMILES string of the molecule is CC(=O)N1CCO[C@@H](c2cncc(CCC(=O)N(C)C)n2)C1. The lowest BCUT2D eigenvalue weighted by molar-refractivity contribution is -0.136. The first kappa shape index (κ1) is 16.4. The Morgan fingerprint density at radius 3 is 2.86 bits per heavy atom. The molecule has 2 amide bonds. The van der Waals surface area contributed by atoms with E-state index in [9.17, 15) is 9.59 Å². The number of carbonyl (C=O) groups excluding carboxylic acids is 2. The van der Waals surface area contributed by atoms with Gasteiger partial charge < -0.3 is 14.5 Å². The van der Waals surface area contributed by atoms with Crippen molar-refractivity contribution in [2.45, 2.75) is 25.9 Å². The van der Waals surface area contributed by atoms with Crippen molar-refractivity contribution in [2.24, 2.45) is 0 Å². The molecule has 2 heterocycles. The third-order valence-electron chi connectivity index (χ3n) is 3.64. The summed E-state index contributed by atoms with van der Waals surface area (Å²) in [6, 6.07) is 0. The predicted octanol–water partition coefficient (Wildman–Crippen LogP) is 0.417. The molecule has 2 rings (SSSR count). The monoisotopic (exact) mass is 306 g/mol. The molecule has 1 aliphatic rings. The second-order valence-electron chi connectivity index (χ2n) is 5.55. The van der Waals surface area contributed by atoms with Crippen LogP contribution < -0.4 is 0 Å². The van der Waals surface area contributed by atoms with Crippen LogP contribution in [0.25, 0.3) is 0 Å². The smallest absolute Gasteiger partial charge is 0.222 e. The second kappa shape index (κ2) is 7.31. The summed E-state index contributed by atoms with van der Waals surface area (Å²) in [5, 5.41) is 0. The Balaban J connectivity index is 2.01. The van der Waals surface area contributed by atoms with E-state index in [4.69, 9.17) is 4.74 Å². The van der Waals surface area contributed by atoms with Gasteiger partial charge in [0.1, 0.15) is 6.10 Å². The maximum absolute atomic E-state index is 11.6. The zero-order chi connectivity index (χ0) is 16.1. The fourth-order valence-electron chi connectivity index (χ4n) is 2.27. The van der Waals surface area contributed by atoms with Crippen LogP contribution in [0.3, 0.4) is 0 Å². The molecule has 7 heteroatoms. The zero-order valence-corrected chi connectivity index (χ0v) is 13.3. The molecule has 7 nitrogen and oxygen atoms in total. The highest BCUT2D eigenvalue weighted by Gasteiger charge is 2.25. The van der Waals surface area contributed by atoms with Crippen molar-refractivity contribution in [3.63, 3.8) is 0 Å². The number of carbonyl (C=O) groups is 2. The Labute approximate surface area is 130 Å². The average molecular weight is 306 g/mol. The number of aromatic nitrogens is 2. The minimum absolute atomic E-state index is 0.0361. The van der Waals surface area contributed by atoms with Crippen LogP contribution in [0.1, 0.15) is 30.8 Å². The molecule has 1 saturated heterocycles. The zero-order valence-electron chi connectivity index (χ0n) is 13.3. The number of morpholine rings is 1. The van der Waals surface area contributed by atoms with E-state index in [1.807, 2.05) is 0 Å². The van der Waals surface area contributed by atoms with Crippen LogP contribution in [0.5, 0.6) is 0 Å². The van der Waals surface area contributed by atoms with Crippen molar-refractivity contribution >= 4 is 11.8 Å². The molecule has 1 aromatic heterocycles. The van der Waals surface area contributed by atoms with Crippen LogP contribution in [-0.2, 0) is 20.7 Å². The molecule has 1 atom stereocenters. The minimum atomic E-state index is -0.255. The van der Waals surface area contributed by atoms with Gasteiger partial charge in [-0.15, -0.1) is 0 Å². The maximum atomic E-state index is 11.6. The lowest BCUT2D eigenvalue weighted by Crippen LogP contribution is -2.41. The molecule has 0 aromatic carbocycles. The molecule has 120 valence electrons. The lowest BCUT2D eigenvalue weighted by Gasteiger charge is -2.31. The van der Waals surface area contributed by atoms with Gasteiger partial charge in [0.2, 0.25) is 11.8 Å². The largest absolute Gasteiger partial charge is 0.368 e. The average Bonchev–Trinajstić information content (AvgIpc) is 2.52. The molecule has 1 aromatic rings. The fourth-order valence-corrected chi connectivity index (χ4v) is 2.27. The number of amides is 2. The molecule has 1 aliphatic heterocycles. The molecule has 0 unspecified atom stereocenters. The van der Waals surface area contributed by atoms with Crippen molar-refractivity contribution in [2.75, 3.05) is 33.8 Å². The first-order valence-electron chi connectivity index (χ1n) is 7.35. The third kappa shape index (κ3) is 4.24. The van der Waals surface area contributed by atoms with E-state index >= 15 is 0 Å². The van der Waals surface area contributed by atoms with Crippen LogP contribution >= 0.6 is 0 Å². The molecule has 0 spiro atoms. The normalized spacial score (nSPS) is 18.1. The topological polar surface area (TPSA) is 75.6 Å². The quantitative estimate of drug-likeness (QED) is 0.806. The predicted molar refractivity (Wildman–Crippen MR) is 80.0 cm³/mol. The van der Waals surface area contributed by atoms with Gasteiger partial charge in [-0.05, 0) is 6.42 Å². The summed E-state index contributed by atoms with van der Waals surface area (Å²) in [6.45, 7) is 3.15. The van der Waals surface area contributed by atoms with Crippen molar-refractivity contribution in [3.8, 4) is 0 Å². The van der Waals surface area contributed by atoms with E-state index in [0.29, 0.717) is 38.2 Å². The van der Waals surface area contributed by atoms with Crippen LogP contribution in [0.15, 0.2) is 12.4 Å². The van der Waals surface area contributed by atoms with Gasteiger partial charge in [0.05, 0.1) is 30.7 Å². The number of nitrogens with zero attached hydrogens (tertiary/aromatic N) is 4. The number of aryl methyl sites for hydroxylation is 1. The van der Waals surface area contributed by atoms with Crippen molar-refractivity contribution in [1.29, 1.82) is 0 Å². The van der Waals surface area contributed by atoms with Crippen molar-refractivity contribution in [1.82, 2.24) is 19.8 Å². The van der Waals surface area contributed by atoms with Crippen LogP contribution in [-0.4, -0.2) is 65.4 Å². The van der Waals surface area contributed by atoms with Crippen molar-refractivity contribution < 1.29 is 14.3 Å². The lowest BCUT2D eigenvalue weighted by atomic mass is 10.2. The third-order valence-corrected chi connectivity index (χ3v) is 3.64. The Morgan fingerprint density at radius 1 is 1.41 bits per heavy atom. The highest BCUT2D eigenvalue weighted by Crippen LogP contribution is 2.20. The van der Waals surface area contributed by atoms with Gasteiger partial charge in [-0.3, -0.25) is 19.6 Å². The highest BCUT2D eigenvalue weighted by molar-refractivity contribution is 5.75. The molecule has 0 bridgehead atoms. The van der Waals surface area contributed by atoms with Gasteiger partial charge >= 0.3 is 0 Å². The Morgan fingerprint density at radius 2 is 2.18 bits per heavy atom. The Hall–Kier alpha value is -2.02. The van der Waals surface area contributed by atoms with E-state index in [-0.39, 0.29) is 17.9 Å².